The molecule has 3 heteroatoms. The highest BCUT2D eigenvalue weighted by Gasteiger charge is 2.28. The number of halogens is 1. The Morgan fingerprint density at radius 1 is 1.17 bits per heavy atom. The van der Waals surface area contributed by atoms with Crippen molar-refractivity contribution in [1.29, 1.82) is 0 Å². The van der Waals surface area contributed by atoms with Crippen LogP contribution in [0.1, 0.15) is 24.8 Å². The molecule has 0 spiro atoms. The molecular weight excluding hydrogens is 227 g/mol. The van der Waals surface area contributed by atoms with E-state index in [1.54, 1.807) is 6.07 Å². The van der Waals surface area contributed by atoms with E-state index in [9.17, 15) is 4.39 Å². The maximum absolute atomic E-state index is 13.7. The largest absolute Gasteiger partial charge is 0.370 e. The molecule has 2 heterocycles. The average molecular weight is 248 g/mol. The molecule has 0 amide bonds. The summed E-state index contributed by atoms with van der Waals surface area (Å²) < 4.78 is 13.7. The minimum Gasteiger partial charge on any atom is -0.370 e. The van der Waals surface area contributed by atoms with Crippen LogP contribution in [0.25, 0.3) is 0 Å². The Balaban J connectivity index is 1.80. The third-order valence-corrected chi connectivity index (χ3v) is 4.32. The summed E-state index contributed by atoms with van der Waals surface area (Å²) in [5, 5.41) is 0. The van der Waals surface area contributed by atoms with E-state index in [-0.39, 0.29) is 5.82 Å². The van der Waals surface area contributed by atoms with E-state index in [0.717, 1.165) is 24.3 Å². The van der Waals surface area contributed by atoms with Crippen molar-refractivity contribution in [2.24, 2.45) is 0 Å². The molecule has 1 aromatic carbocycles. The fourth-order valence-electron chi connectivity index (χ4n) is 3.22. The van der Waals surface area contributed by atoms with E-state index < -0.39 is 0 Å². The molecule has 2 aliphatic heterocycles. The second kappa shape index (κ2) is 4.88. The van der Waals surface area contributed by atoms with Gasteiger partial charge in [0, 0.05) is 31.4 Å². The van der Waals surface area contributed by atoms with Crippen molar-refractivity contribution >= 4 is 5.69 Å². The SMILES string of the molecule is Cc1ccc(N2CCCN3CCCC3C2)cc1F. The lowest BCUT2D eigenvalue weighted by atomic mass is 10.1. The molecule has 0 radical (unpaired) electrons. The molecule has 1 aromatic rings. The number of fused-ring (bicyclic) bond motifs is 1. The third-order valence-electron chi connectivity index (χ3n) is 4.32. The molecule has 1 unspecified atom stereocenters. The molecule has 0 N–H and O–H groups in total. The molecule has 3 rings (SSSR count). The van der Waals surface area contributed by atoms with Gasteiger partial charge < -0.3 is 4.90 Å². The van der Waals surface area contributed by atoms with Crippen LogP contribution in [0.4, 0.5) is 10.1 Å². The third kappa shape index (κ3) is 2.24. The fraction of sp³-hybridized carbons (Fsp3) is 0.600. The molecular formula is C15H21FN2. The van der Waals surface area contributed by atoms with Gasteiger partial charge in [0.1, 0.15) is 5.82 Å². The Morgan fingerprint density at radius 2 is 2.00 bits per heavy atom. The monoisotopic (exact) mass is 248 g/mol. The van der Waals surface area contributed by atoms with E-state index in [4.69, 9.17) is 0 Å². The van der Waals surface area contributed by atoms with Gasteiger partial charge in [0.2, 0.25) is 0 Å². The first-order valence-corrected chi connectivity index (χ1v) is 6.99. The van der Waals surface area contributed by atoms with Crippen LogP contribution in [0.2, 0.25) is 0 Å². The number of anilines is 1. The van der Waals surface area contributed by atoms with Crippen molar-refractivity contribution in [3.63, 3.8) is 0 Å². The predicted molar refractivity (Wildman–Crippen MR) is 72.6 cm³/mol. The normalized spacial score (nSPS) is 25.0. The number of aryl methyl sites for hydroxylation is 1. The number of hydrogen-bond acceptors (Lipinski definition) is 2. The van der Waals surface area contributed by atoms with Crippen LogP contribution in [0, 0.1) is 12.7 Å². The van der Waals surface area contributed by atoms with Crippen molar-refractivity contribution in [2.45, 2.75) is 32.2 Å². The van der Waals surface area contributed by atoms with Crippen LogP contribution in [0.5, 0.6) is 0 Å². The zero-order chi connectivity index (χ0) is 12.5. The molecule has 0 aromatic heterocycles. The number of rotatable bonds is 1. The summed E-state index contributed by atoms with van der Waals surface area (Å²) in [7, 11) is 0. The molecule has 2 aliphatic rings. The van der Waals surface area contributed by atoms with E-state index in [1.807, 2.05) is 13.0 Å². The van der Waals surface area contributed by atoms with Crippen molar-refractivity contribution < 1.29 is 4.39 Å². The first-order chi connectivity index (χ1) is 8.74. The van der Waals surface area contributed by atoms with Crippen molar-refractivity contribution in [2.75, 3.05) is 31.1 Å². The lowest BCUT2D eigenvalue weighted by Crippen LogP contribution is -2.36. The van der Waals surface area contributed by atoms with E-state index in [2.05, 4.69) is 15.9 Å². The van der Waals surface area contributed by atoms with Crippen molar-refractivity contribution in [1.82, 2.24) is 4.90 Å². The highest BCUT2D eigenvalue weighted by Crippen LogP contribution is 2.26. The standard InChI is InChI=1S/C15H21FN2/c1-12-5-6-13(10-15(12)16)18-9-3-8-17-7-2-4-14(17)11-18/h5-6,10,14H,2-4,7-9,11H2,1H3. The minimum absolute atomic E-state index is 0.0833. The van der Waals surface area contributed by atoms with Crippen LogP contribution in [-0.2, 0) is 0 Å². The van der Waals surface area contributed by atoms with Gasteiger partial charge in [-0.3, -0.25) is 4.90 Å². The second-order valence-electron chi connectivity index (χ2n) is 5.57. The average Bonchev–Trinajstić information content (AvgIpc) is 2.70. The zero-order valence-corrected chi connectivity index (χ0v) is 11.0. The number of nitrogens with zero attached hydrogens (tertiary/aromatic N) is 2. The summed E-state index contributed by atoms with van der Waals surface area (Å²) in [5.41, 5.74) is 1.78. The van der Waals surface area contributed by atoms with Crippen molar-refractivity contribution in [3.05, 3.63) is 29.6 Å². The summed E-state index contributed by atoms with van der Waals surface area (Å²) in [5.74, 6) is -0.0833. The maximum atomic E-state index is 13.7. The number of benzene rings is 1. The Bertz CT molecular complexity index is 433. The smallest absolute Gasteiger partial charge is 0.128 e. The number of hydrogen-bond donors (Lipinski definition) is 0. The molecule has 0 bridgehead atoms. The molecule has 2 nitrogen and oxygen atoms in total. The van der Waals surface area contributed by atoms with Gasteiger partial charge in [-0.2, -0.15) is 0 Å². The second-order valence-corrected chi connectivity index (χ2v) is 5.57. The highest BCUT2D eigenvalue weighted by molar-refractivity contribution is 5.48. The highest BCUT2D eigenvalue weighted by atomic mass is 19.1. The minimum atomic E-state index is -0.0833. The fourth-order valence-corrected chi connectivity index (χ4v) is 3.22. The summed E-state index contributed by atoms with van der Waals surface area (Å²) in [6.07, 6.45) is 3.80. The van der Waals surface area contributed by atoms with Crippen molar-refractivity contribution in [3.8, 4) is 0 Å². The molecule has 2 fully saturated rings. The van der Waals surface area contributed by atoms with Gasteiger partial charge in [0.15, 0.2) is 0 Å². The first kappa shape index (κ1) is 12.0. The van der Waals surface area contributed by atoms with Gasteiger partial charge in [0.05, 0.1) is 0 Å². The lowest BCUT2D eigenvalue weighted by molar-refractivity contribution is 0.273. The molecule has 2 saturated heterocycles. The van der Waals surface area contributed by atoms with E-state index >= 15 is 0 Å². The van der Waals surface area contributed by atoms with Crippen LogP contribution in [0.15, 0.2) is 18.2 Å². The lowest BCUT2D eigenvalue weighted by Gasteiger charge is -2.27. The van der Waals surface area contributed by atoms with Gasteiger partial charge in [-0.25, -0.2) is 4.39 Å². The molecule has 18 heavy (non-hydrogen) atoms. The molecule has 98 valence electrons. The zero-order valence-electron chi connectivity index (χ0n) is 11.0. The van der Waals surface area contributed by atoms with Gasteiger partial charge in [-0.05, 0) is 50.4 Å². The quantitative estimate of drug-likeness (QED) is 0.754. The Hall–Kier alpha value is -1.09. The van der Waals surface area contributed by atoms with E-state index in [1.165, 1.54) is 32.4 Å². The van der Waals surface area contributed by atoms with Crippen LogP contribution >= 0.6 is 0 Å². The van der Waals surface area contributed by atoms with Gasteiger partial charge in [-0.1, -0.05) is 6.07 Å². The molecule has 0 saturated carbocycles. The predicted octanol–water partition coefficient (Wildman–Crippen LogP) is 2.81. The summed E-state index contributed by atoms with van der Waals surface area (Å²) in [4.78, 5) is 4.96. The van der Waals surface area contributed by atoms with Crippen LogP contribution in [-0.4, -0.2) is 37.1 Å². The van der Waals surface area contributed by atoms with Gasteiger partial charge in [0.25, 0.3) is 0 Å². The van der Waals surface area contributed by atoms with Gasteiger partial charge in [-0.15, -0.1) is 0 Å². The summed E-state index contributed by atoms with van der Waals surface area (Å²) >= 11 is 0. The Labute approximate surface area is 108 Å². The Morgan fingerprint density at radius 3 is 2.83 bits per heavy atom. The van der Waals surface area contributed by atoms with Crippen LogP contribution in [0.3, 0.4) is 0 Å². The van der Waals surface area contributed by atoms with E-state index in [0.29, 0.717) is 6.04 Å². The Kier molecular flexibility index (Phi) is 3.25. The topological polar surface area (TPSA) is 6.48 Å². The van der Waals surface area contributed by atoms with Crippen LogP contribution < -0.4 is 4.90 Å². The molecule has 1 atom stereocenters. The summed E-state index contributed by atoms with van der Waals surface area (Å²) in [6.45, 7) is 6.38. The summed E-state index contributed by atoms with van der Waals surface area (Å²) in [6, 6.07) is 6.32. The molecule has 0 aliphatic carbocycles. The first-order valence-electron chi connectivity index (χ1n) is 6.99. The maximum Gasteiger partial charge on any atom is 0.128 e. The van der Waals surface area contributed by atoms with Gasteiger partial charge >= 0.3 is 0 Å².